The average Bonchev–Trinajstić information content (AvgIpc) is 2.07. The van der Waals surface area contributed by atoms with Crippen LogP contribution in [0.25, 0.3) is 0 Å². The number of hydrogen-bond acceptors (Lipinski definition) is 1. The zero-order chi connectivity index (χ0) is 10.8. The molecule has 0 saturated heterocycles. The van der Waals surface area contributed by atoms with Gasteiger partial charge in [0.2, 0.25) is 0 Å². The van der Waals surface area contributed by atoms with Crippen LogP contribution in [0.2, 0.25) is 0 Å². The maximum Gasteiger partial charge on any atom is 0.396 e. The predicted molar refractivity (Wildman–Crippen MR) is 52.0 cm³/mol. The fourth-order valence-electron chi connectivity index (χ4n) is 1.19. The monoisotopic (exact) mass is 267 g/mol. The van der Waals surface area contributed by atoms with E-state index in [0.717, 1.165) is 0 Å². The molecule has 0 amide bonds. The van der Waals surface area contributed by atoms with Crippen LogP contribution in [0, 0.1) is 0 Å². The minimum absolute atomic E-state index is 0.183. The Kier molecular flexibility index (Phi) is 3.55. The highest BCUT2D eigenvalue weighted by atomic mass is 79.9. The standard InChI is InChI=1S/C9H9BrF3N/c10-8-4-2-1-3-6(8)7(5-14)9(11,12)13/h1-4,7H,5,14H2. The first-order valence-electron chi connectivity index (χ1n) is 3.98. The molecule has 1 unspecified atom stereocenters. The highest BCUT2D eigenvalue weighted by Crippen LogP contribution is 2.37. The Balaban J connectivity index is 3.08. The quantitative estimate of drug-likeness (QED) is 0.876. The molecule has 0 saturated carbocycles. The van der Waals surface area contributed by atoms with Crippen molar-refractivity contribution in [2.75, 3.05) is 6.54 Å². The molecule has 0 bridgehead atoms. The summed E-state index contributed by atoms with van der Waals surface area (Å²) in [5.74, 6) is -1.60. The molecule has 0 spiro atoms. The van der Waals surface area contributed by atoms with Crippen molar-refractivity contribution >= 4 is 15.9 Å². The first-order chi connectivity index (χ1) is 6.46. The Bertz CT molecular complexity index is 311. The second-order valence-corrected chi connectivity index (χ2v) is 3.71. The Morgan fingerprint density at radius 1 is 1.29 bits per heavy atom. The average molecular weight is 268 g/mol. The SMILES string of the molecule is NCC(c1ccccc1Br)C(F)(F)F. The van der Waals surface area contributed by atoms with Gasteiger partial charge in [0.25, 0.3) is 0 Å². The smallest absolute Gasteiger partial charge is 0.330 e. The van der Waals surface area contributed by atoms with Gasteiger partial charge >= 0.3 is 6.18 Å². The molecule has 1 aromatic carbocycles. The van der Waals surface area contributed by atoms with Gasteiger partial charge in [-0.3, -0.25) is 0 Å². The van der Waals surface area contributed by atoms with Crippen LogP contribution in [0.3, 0.4) is 0 Å². The summed E-state index contributed by atoms with van der Waals surface area (Å²) in [6.45, 7) is -0.438. The zero-order valence-corrected chi connectivity index (χ0v) is 8.77. The highest BCUT2D eigenvalue weighted by Gasteiger charge is 2.40. The van der Waals surface area contributed by atoms with E-state index in [1.54, 1.807) is 18.2 Å². The van der Waals surface area contributed by atoms with E-state index in [0.29, 0.717) is 4.47 Å². The number of hydrogen-bond donors (Lipinski definition) is 1. The summed E-state index contributed by atoms with van der Waals surface area (Å²) in [5, 5.41) is 0. The lowest BCUT2D eigenvalue weighted by atomic mass is 9.99. The van der Waals surface area contributed by atoms with Crippen molar-refractivity contribution in [1.29, 1.82) is 0 Å². The second kappa shape index (κ2) is 4.31. The largest absolute Gasteiger partial charge is 0.396 e. The molecule has 0 radical (unpaired) electrons. The molecule has 0 aliphatic rings. The van der Waals surface area contributed by atoms with E-state index in [1.165, 1.54) is 6.07 Å². The second-order valence-electron chi connectivity index (χ2n) is 2.85. The Labute approximate surface area is 88.2 Å². The van der Waals surface area contributed by atoms with E-state index >= 15 is 0 Å². The molecule has 5 heteroatoms. The van der Waals surface area contributed by atoms with E-state index in [2.05, 4.69) is 15.9 Å². The van der Waals surface area contributed by atoms with Crippen molar-refractivity contribution in [1.82, 2.24) is 0 Å². The summed E-state index contributed by atoms with van der Waals surface area (Å²) in [5.41, 5.74) is 5.30. The third-order valence-corrected chi connectivity index (χ3v) is 2.63. The molecular formula is C9H9BrF3N. The fraction of sp³-hybridized carbons (Fsp3) is 0.333. The first kappa shape index (κ1) is 11.5. The maximum absolute atomic E-state index is 12.5. The van der Waals surface area contributed by atoms with Crippen LogP contribution in [0.4, 0.5) is 13.2 Å². The Morgan fingerprint density at radius 2 is 1.86 bits per heavy atom. The lowest BCUT2D eigenvalue weighted by molar-refractivity contribution is -0.148. The minimum Gasteiger partial charge on any atom is -0.330 e. The van der Waals surface area contributed by atoms with Crippen LogP contribution in [-0.2, 0) is 0 Å². The molecule has 0 aliphatic carbocycles. The molecule has 0 aliphatic heterocycles. The van der Waals surface area contributed by atoms with Gasteiger partial charge in [0.05, 0.1) is 5.92 Å². The molecule has 1 aromatic rings. The third kappa shape index (κ3) is 2.48. The van der Waals surface area contributed by atoms with Gasteiger partial charge in [0.15, 0.2) is 0 Å². The van der Waals surface area contributed by atoms with Crippen LogP contribution in [0.15, 0.2) is 28.7 Å². The van der Waals surface area contributed by atoms with Crippen molar-refractivity contribution in [3.05, 3.63) is 34.3 Å². The van der Waals surface area contributed by atoms with Crippen LogP contribution in [-0.4, -0.2) is 12.7 Å². The number of benzene rings is 1. The fourth-order valence-corrected chi connectivity index (χ4v) is 1.76. The molecular weight excluding hydrogens is 259 g/mol. The molecule has 2 N–H and O–H groups in total. The molecule has 78 valence electrons. The van der Waals surface area contributed by atoms with Crippen molar-refractivity contribution in [3.8, 4) is 0 Å². The minimum atomic E-state index is -4.29. The van der Waals surface area contributed by atoms with E-state index in [4.69, 9.17) is 5.73 Å². The molecule has 14 heavy (non-hydrogen) atoms. The van der Waals surface area contributed by atoms with Gasteiger partial charge in [-0.05, 0) is 11.6 Å². The molecule has 1 rings (SSSR count). The van der Waals surface area contributed by atoms with Gasteiger partial charge < -0.3 is 5.73 Å². The van der Waals surface area contributed by atoms with Gasteiger partial charge in [-0.2, -0.15) is 13.2 Å². The van der Waals surface area contributed by atoms with Crippen LogP contribution < -0.4 is 5.73 Å². The van der Waals surface area contributed by atoms with Gasteiger partial charge in [-0.25, -0.2) is 0 Å². The van der Waals surface area contributed by atoms with Crippen LogP contribution in [0.5, 0.6) is 0 Å². The van der Waals surface area contributed by atoms with E-state index in [9.17, 15) is 13.2 Å². The summed E-state index contributed by atoms with van der Waals surface area (Å²) in [4.78, 5) is 0. The summed E-state index contributed by atoms with van der Waals surface area (Å²) in [7, 11) is 0. The van der Waals surface area contributed by atoms with Crippen molar-refractivity contribution < 1.29 is 13.2 Å². The summed E-state index contributed by atoms with van der Waals surface area (Å²) in [6.07, 6.45) is -4.29. The number of rotatable bonds is 2. The number of nitrogens with two attached hydrogens (primary N) is 1. The Morgan fingerprint density at radius 3 is 2.29 bits per heavy atom. The highest BCUT2D eigenvalue weighted by molar-refractivity contribution is 9.10. The predicted octanol–water partition coefficient (Wildman–Crippen LogP) is 3.05. The molecule has 1 atom stereocenters. The van der Waals surface area contributed by atoms with E-state index < -0.39 is 18.6 Å². The number of halogens is 4. The summed E-state index contributed by atoms with van der Waals surface area (Å²) in [6, 6.07) is 6.23. The molecule has 1 nitrogen and oxygen atoms in total. The first-order valence-corrected chi connectivity index (χ1v) is 4.77. The van der Waals surface area contributed by atoms with E-state index in [1.807, 2.05) is 0 Å². The summed E-state index contributed by atoms with van der Waals surface area (Å²) < 4.78 is 37.9. The summed E-state index contributed by atoms with van der Waals surface area (Å²) >= 11 is 3.07. The van der Waals surface area contributed by atoms with Crippen LogP contribution in [0.1, 0.15) is 11.5 Å². The van der Waals surface area contributed by atoms with Crippen molar-refractivity contribution in [3.63, 3.8) is 0 Å². The Hall–Kier alpha value is -0.550. The van der Waals surface area contributed by atoms with Gasteiger partial charge in [0, 0.05) is 11.0 Å². The molecule has 0 aromatic heterocycles. The zero-order valence-electron chi connectivity index (χ0n) is 7.18. The van der Waals surface area contributed by atoms with Crippen LogP contribution >= 0.6 is 15.9 Å². The van der Waals surface area contributed by atoms with E-state index in [-0.39, 0.29) is 5.56 Å². The van der Waals surface area contributed by atoms with Gasteiger partial charge in [-0.1, -0.05) is 34.1 Å². The third-order valence-electron chi connectivity index (χ3n) is 1.91. The molecule has 0 fully saturated rings. The lowest BCUT2D eigenvalue weighted by Gasteiger charge is -2.19. The normalized spacial score (nSPS) is 14.1. The van der Waals surface area contributed by atoms with Gasteiger partial charge in [0.1, 0.15) is 0 Å². The topological polar surface area (TPSA) is 26.0 Å². The maximum atomic E-state index is 12.5. The van der Waals surface area contributed by atoms with Crippen molar-refractivity contribution in [2.45, 2.75) is 12.1 Å². The number of alkyl halides is 3. The van der Waals surface area contributed by atoms with Crippen molar-refractivity contribution in [2.24, 2.45) is 5.73 Å². The molecule has 0 heterocycles. The lowest BCUT2D eigenvalue weighted by Crippen LogP contribution is -2.28. The van der Waals surface area contributed by atoms with Gasteiger partial charge in [-0.15, -0.1) is 0 Å².